The smallest absolute Gasteiger partial charge is 0.209 e. The highest BCUT2D eigenvalue weighted by Gasteiger charge is 2.56. The molecule has 0 aromatic rings. The predicted octanol–water partition coefficient (Wildman–Crippen LogP) is -0.365. The van der Waals surface area contributed by atoms with Crippen molar-refractivity contribution in [2.24, 2.45) is 11.8 Å². The predicted molar refractivity (Wildman–Crippen MR) is 42.1 cm³/mol. The number of carbonyl (C=O) groups excluding carboxylic acids is 1. The molecule has 0 N–H and O–H groups in total. The number of likely N-dealkylation sites (tertiary alicyclic amines) is 1. The van der Waals surface area contributed by atoms with Gasteiger partial charge in [0.15, 0.2) is 0 Å². The average molecular weight is 154 g/mol. The van der Waals surface area contributed by atoms with Gasteiger partial charge in [-0.3, -0.25) is 4.79 Å². The van der Waals surface area contributed by atoms with Gasteiger partial charge >= 0.3 is 0 Å². The Balaban J connectivity index is 1.90. The zero-order valence-corrected chi connectivity index (χ0v) is 7.03. The van der Waals surface area contributed by atoms with Crippen molar-refractivity contribution >= 4 is 6.41 Å². The van der Waals surface area contributed by atoms with Crippen LogP contribution in [0.25, 0.3) is 0 Å². The maximum atomic E-state index is 10.4. The fourth-order valence-electron chi connectivity index (χ4n) is 2.38. The van der Waals surface area contributed by atoms with E-state index in [1.165, 1.54) is 0 Å². The summed E-state index contributed by atoms with van der Waals surface area (Å²) in [7, 11) is 4.24. The molecule has 2 atom stereocenters. The van der Waals surface area contributed by atoms with Crippen molar-refractivity contribution in [2.45, 2.75) is 6.04 Å². The van der Waals surface area contributed by atoms with Crippen molar-refractivity contribution in [1.29, 1.82) is 0 Å². The summed E-state index contributed by atoms with van der Waals surface area (Å²) in [6.45, 7) is 1.97. The highest BCUT2D eigenvalue weighted by molar-refractivity contribution is 5.49. The van der Waals surface area contributed by atoms with Gasteiger partial charge in [-0.05, 0) is 25.9 Å². The first-order valence-corrected chi connectivity index (χ1v) is 4.10. The van der Waals surface area contributed by atoms with E-state index < -0.39 is 0 Å². The molecule has 1 aliphatic heterocycles. The first-order valence-electron chi connectivity index (χ1n) is 4.10. The summed E-state index contributed by atoms with van der Waals surface area (Å²) in [6, 6.07) is 0.756. The number of rotatable bonds is 2. The van der Waals surface area contributed by atoms with E-state index in [2.05, 4.69) is 19.0 Å². The van der Waals surface area contributed by atoms with Crippen molar-refractivity contribution in [3.8, 4) is 0 Å². The molecular formula is C8H14N2O. The average Bonchev–Trinajstić information content (AvgIpc) is 2.48. The molecule has 1 amide bonds. The van der Waals surface area contributed by atoms with E-state index in [4.69, 9.17) is 0 Å². The van der Waals surface area contributed by atoms with Crippen LogP contribution in [-0.2, 0) is 4.79 Å². The number of hydrogen-bond donors (Lipinski definition) is 0. The van der Waals surface area contributed by atoms with Gasteiger partial charge in [0.25, 0.3) is 0 Å². The molecule has 2 aliphatic rings. The fraction of sp³-hybridized carbons (Fsp3) is 0.875. The third-order valence-corrected chi connectivity index (χ3v) is 2.92. The minimum Gasteiger partial charge on any atom is -0.345 e. The van der Waals surface area contributed by atoms with Crippen molar-refractivity contribution in [3.05, 3.63) is 0 Å². The normalized spacial score (nSPS) is 41.0. The quantitative estimate of drug-likeness (QED) is 0.507. The van der Waals surface area contributed by atoms with Crippen LogP contribution in [0.3, 0.4) is 0 Å². The lowest BCUT2D eigenvalue weighted by Crippen LogP contribution is -2.29. The molecule has 2 unspecified atom stereocenters. The Kier molecular flexibility index (Phi) is 1.42. The van der Waals surface area contributed by atoms with Crippen molar-refractivity contribution in [1.82, 2.24) is 9.80 Å². The van der Waals surface area contributed by atoms with Gasteiger partial charge in [0.1, 0.15) is 0 Å². The summed E-state index contributed by atoms with van der Waals surface area (Å²) in [5.41, 5.74) is 0. The van der Waals surface area contributed by atoms with E-state index in [1.54, 1.807) is 0 Å². The molecule has 11 heavy (non-hydrogen) atoms. The Hall–Kier alpha value is -0.570. The van der Waals surface area contributed by atoms with Gasteiger partial charge in [0.05, 0.1) is 0 Å². The molecule has 2 rings (SSSR count). The van der Waals surface area contributed by atoms with Gasteiger partial charge in [-0.15, -0.1) is 0 Å². The van der Waals surface area contributed by atoms with Gasteiger partial charge in [0.2, 0.25) is 6.41 Å². The molecule has 0 bridgehead atoms. The number of piperidine rings is 1. The number of fused-ring (bicyclic) bond motifs is 1. The molecule has 1 heterocycles. The Morgan fingerprint density at radius 2 is 1.91 bits per heavy atom. The lowest BCUT2D eigenvalue weighted by Gasteiger charge is -2.17. The largest absolute Gasteiger partial charge is 0.345 e. The summed E-state index contributed by atoms with van der Waals surface area (Å²) in [5.74, 6) is 1.55. The zero-order valence-electron chi connectivity index (χ0n) is 7.03. The van der Waals surface area contributed by atoms with E-state index >= 15 is 0 Å². The first kappa shape index (κ1) is 7.10. The molecule has 3 heteroatoms. The Labute approximate surface area is 67.0 Å². The maximum absolute atomic E-state index is 10.4. The molecule has 62 valence electrons. The second kappa shape index (κ2) is 2.21. The summed E-state index contributed by atoms with van der Waals surface area (Å²) < 4.78 is 0. The van der Waals surface area contributed by atoms with Crippen LogP contribution in [0.1, 0.15) is 0 Å². The van der Waals surface area contributed by atoms with E-state index in [1.807, 2.05) is 4.90 Å². The summed E-state index contributed by atoms with van der Waals surface area (Å²) in [6.07, 6.45) is 0.971. The van der Waals surface area contributed by atoms with Crippen LogP contribution in [0.5, 0.6) is 0 Å². The molecule has 0 aromatic heterocycles. The standard InChI is InChI=1S/C8H14N2O/c1-9(2)8-6-3-10(5-11)4-7(6)8/h5-8H,3-4H2,1-2H3. The Morgan fingerprint density at radius 3 is 2.27 bits per heavy atom. The summed E-state index contributed by atoms with van der Waals surface area (Å²) in [4.78, 5) is 14.5. The molecule has 2 fully saturated rings. The second-order valence-corrected chi connectivity index (χ2v) is 3.84. The van der Waals surface area contributed by atoms with Crippen LogP contribution in [0.15, 0.2) is 0 Å². The Morgan fingerprint density at radius 1 is 1.36 bits per heavy atom. The third-order valence-electron chi connectivity index (χ3n) is 2.92. The first-order chi connectivity index (χ1) is 5.24. The third kappa shape index (κ3) is 0.948. The molecule has 1 saturated carbocycles. The zero-order chi connectivity index (χ0) is 8.01. The monoisotopic (exact) mass is 154 g/mol. The van der Waals surface area contributed by atoms with E-state index in [9.17, 15) is 4.79 Å². The SMILES string of the molecule is CN(C)C1C2CN(C=O)CC21. The molecular weight excluding hydrogens is 140 g/mol. The second-order valence-electron chi connectivity index (χ2n) is 3.84. The topological polar surface area (TPSA) is 23.6 Å². The van der Waals surface area contributed by atoms with Crippen LogP contribution in [0.4, 0.5) is 0 Å². The van der Waals surface area contributed by atoms with Gasteiger partial charge < -0.3 is 9.80 Å². The number of amides is 1. The van der Waals surface area contributed by atoms with E-state index in [0.29, 0.717) is 0 Å². The maximum Gasteiger partial charge on any atom is 0.209 e. The van der Waals surface area contributed by atoms with Gasteiger partial charge in [-0.1, -0.05) is 0 Å². The number of carbonyl (C=O) groups is 1. The van der Waals surface area contributed by atoms with Gasteiger partial charge in [-0.2, -0.15) is 0 Å². The summed E-state index contributed by atoms with van der Waals surface area (Å²) >= 11 is 0. The van der Waals surface area contributed by atoms with Crippen molar-refractivity contribution in [2.75, 3.05) is 27.2 Å². The Bertz CT molecular complexity index is 169. The molecule has 0 radical (unpaired) electrons. The lowest BCUT2D eigenvalue weighted by molar-refractivity contribution is -0.117. The van der Waals surface area contributed by atoms with Crippen molar-refractivity contribution in [3.63, 3.8) is 0 Å². The van der Waals surface area contributed by atoms with Crippen molar-refractivity contribution < 1.29 is 4.79 Å². The van der Waals surface area contributed by atoms with Crippen LogP contribution < -0.4 is 0 Å². The van der Waals surface area contributed by atoms with E-state index in [-0.39, 0.29) is 0 Å². The van der Waals surface area contributed by atoms with Gasteiger partial charge in [-0.25, -0.2) is 0 Å². The lowest BCUT2D eigenvalue weighted by atomic mass is 10.4. The van der Waals surface area contributed by atoms with Gasteiger partial charge in [0, 0.05) is 19.1 Å². The molecule has 1 saturated heterocycles. The number of nitrogens with zero attached hydrogens (tertiary/aromatic N) is 2. The number of hydrogen-bond acceptors (Lipinski definition) is 2. The van der Waals surface area contributed by atoms with Crippen LogP contribution in [-0.4, -0.2) is 49.4 Å². The molecule has 1 aliphatic carbocycles. The molecule has 3 nitrogen and oxygen atoms in total. The fourth-order valence-corrected chi connectivity index (χ4v) is 2.38. The molecule has 0 spiro atoms. The minimum atomic E-state index is 0.756. The van der Waals surface area contributed by atoms with E-state index in [0.717, 1.165) is 37.4 Å². The highest BCUT2D eigenvalue weighted by Crippen LogP contribution is 2.47. The van der Waals surface area contributed by atoms with Crippen LogP contribution in [0, 0.1) is 11.8 Å². The summed E-state index contributed by atoms with van der Waals surface area (Å²) in [5, 5.41) is 0. The minimum absolute atomic E-state index is 0.756. The van der Waals surface area contributed by atoms with Crippen LogP contribution in [0.2, 0.25) is 0 Å². The molecule has 0 aromatic carbocycles. The highest BCUT2D eigenvalue weighted by atomic mass is 16.1. The van der Waals surface area contributed by atoms with Crippen LogP contribution >= 0.6 is 0 Å².